The zero-order valence-corrected chi connectivity index (χ0v) is 16.9. The fraction of sp³-hybridized carbons (Fsp3) is 0.174. The summed E-state index contributed by atoms with van der Waals surface area (Å²) in [6, 6.07) is 19.3. The predicted molar refractivity (Wildman–Crippen MR) is 118 cm³/mol. The molecule has 0 unspecified atom stereocenters. The lowest BCUT2D eigenvalue weighted by Crippen LogP contribution is -2.18. The fourth-order valence-corrected chi connectivity index (χ4v) is 3.13. The molecule has 0 saturated heterocycles. The third kappa shape index (κ3) is 5.65. The lowest BCUT2D eigenvalue weighted by atomic mass is 10.1. The molecule has 0 aromatic heterocycles. The number of anilines is 1. The molecule has 0 fully saturated rings. The molecule has 29 heavy (non-hydrogen) atoms. The monoisotopic (exact) mass is 407 g/mol. The van der Waals surface area contributed by atoms with Crippen LogP contribution in [0.4, 0.5) is 5.69 Å². The first-order valence-corrected chi connectivity index (χ1v) is 9.77. The van der Waals surface area contributed by atoms with Crippen molar-refractivity contribution in [1.82, 2.24) is 5.43 Å². The predicted octanol–water partition coefficient (Wildman–Crippen LogP) is 5.06. The van der Waals surface area contributed by atoms with Gasteiger partial charge in [-0.25, -0.2) is 5.43 Å². The Morgan fingerprint density at radius 3 is 2.55 bits per heavy atom. The average Bonchev–Trinajstić information content (AvgIpc) is 2.71. The van der Waals surface area contributed by atoms with Crippen LogP contribution in [0.2, 0.25) is 5.02 Å². The van der Waals surface area contributed by atoms with Gasteiger partial charge >= 0.3 is 0 Å². The third-order valence-corrected chi connectivity index (χ3v) is 4.98. The molecule has 0 spiro atoms. The van der Waals surface area contributed by atoms with E-state index in [1.165, 1.54) is 0 Å². The number of hydrazone groups is 1. The number of rotatable bonds is 7. The van der Waals surface area contributed by atoms with Crippen molar-refractivity contribution in [3.8, 4) is 0 Å². The molecule has 0 saturated carbocycles. The number of nitrogens with one attached hydrogen (secondary N) is 2. The Bertz CT molecular complexity index is 1060. The molecule has 3 rings (SSSR count). The summed E-state index contributed by atoms with van der Waals surface area (Å²) < 4.78 is 0. The summed E-state index contributed by atoms with van der Waals surface area (Å²) in [4.78, 5) is 24.0. The summed E-state index contributed by atoms with van der Waals surface area (Å²) in [6.07, 6.45) is 2.52. The molecule has 0 aliphatic rings. The number of hydrogen-bond acceptors (Lipinski definition) is 3. The van der Waals surface area contributed by atoms with E-state index in [9.17, 15) is 9.59 Å². The van der Waals surface area contributed by atoms with Gasteiger partial charge in [-0.3, -0.25) is 9.59 Å². The maximum Gasteiger partial charge on any atom is 0.240 e. The standard InChI is InChI=1S/C23H22ClN3O2/c1-16-20(24)11-5-12-21(16)26-22(28)13-6-14-23(29)27-25-15-18-9-4-8-17-7-2-3-10-19(17)18/h2-5,7-12,15H,6,13-14H2,1H3,(H,26,28)(H,27,29)/b25-15-. The van der Waals surface area contributed by atoms with Crippen molar-refractivity contribution in [3.05, 3.63) is 76.8 Å². The molecule has 0 radical (unpaired) electrons. The van der Waals surface area contributed by atoms with Crippen molar-refractivity contribution in [1.29, 1.82) is 0 Å². The van der Waals surface area contributed by atoms with E-state index in [1.54, 1.807) is 24.4 Å². The number of carbonyl (C=O) groups is 2. The topological polar surface area (TPSA) is 70.6 Å². The molecule has 0 atom stereocenters. The SMILES string of the molecule is Cc1c(Cl)cccc1NC(=O)CCCC(=O)N/N=C\c1cccc2ccccc12. The molecular weight excluding hydrogens is 386 g/mol. The summed E-state index contributed by atoms with van der Waals surface area (Å²) in [7, 11) is 0. The van der Waals surface area contributed by atoms with Crippen LogP contribution < -0.4 is 10.7 Å². The first-order valence-electron chi connectivity index (χ1n) is 9.39. The average molecular weight is 408 g/mol. The van der Waals surface area contributed by atoms with E-state index in [4.69, 9.17) is 11.6 Å². The van der Waals surface area contributed by atoms with Crippen LogP contribution in [0.25, 0.3) is 10.8 Å². The van der Waals surface area contributed by atoms with Crippen LogP contribution >= 0.6 is 11.6 Å². The minimum Gasteiger partial charge on any atom is -0.326 e. The normalized spacial score (nSPS) is 11.0. The smallest absolute Gasteiger partial charge is 0.240 e. The molecule has 3 aromatic carbocycles. The van der Waals surface area contributed by atoms with Crippen molar-refractivity contribution >= 4 is 46.1 Å². The summed E-state index contributed by atoms with van der Waals surface area (Å²) in [6.45, 7) is 1.85. The maximum absolute atomic E-state index is 12.1. The second-order valence-corrected chi connectivity index (χ2v) is 7.08. The zero-order valence-electron chi connectivity index (χ0n) is 16.1. The highest BCUT2D eigenvalue weighted by Crippen LogP contribution is 2.23. The lowest BCUT2D eigenvalue weighted by Gasteiger charge is -2.09. The largest absolute Gasteiger partial charge is 0.326 e. The molecule has 5 nitrogen and oxygen atoms in total. The van der Waals surface area contributed by atoms with Crippen LogP contribution in [-0.2, 0) is 9.59 Å². The number of benzene rings is 3. The van der Waals surface area contributed by atoms with Gasteiger partial charge in [0.15, 0.2) is 0 Å². The Labute approximate surface area is 174 Å². The van der Waals surface area contributed by atoms with Gasteiger partial charge in [-0.1, -0.05) is 60.1 Å². The van der Waals surface area contributed by atoms with Crippen LogP contribution in [0.1, 0.15) is 30.4 Å². The van der Waals surface area contributed by atoms with Gasteiger partial charge in [0.25, 0.3) is 0 Å². The van der Waals surface area contributed by atoms with E-state index in [-0.39, 0.29) is 24.7 Å². The Balaban J connectivity index is 1.44. The fourth-order valence-electron chi connectivity index (χ4n) is 2.96. The number of halogens is 1. The van der Waals surface area contributed by atoms with E-state index >= 15 is 0 Å². The van der Waals surface area contributed by atoms with E-state index in [2.05, 4.69) is 15.8 Å². The van der Waals surface area contributed by atoms with Crippen LogP contribution in [0, 0.1) is 6.92 Å². The van der Waals surface area contributed by atoms with Gasteiger partial charge in [0.1, 0.15) is 0 Å². The van der Waals surface area contributed by atoms with E-state index < -0.39 is 0 Å². The van der Waals surface area contributed by atoms with Crippen LogP contribution in [0.5, 0.6) is 0 Å². The molecule has 0 bridgehead atoms. The van der Waals surface area contributed by atoms with Crippen LogP contribution in [0.3, 0.4) is 0 Å². The highest BCUT2D eigenvalue weighted by Gasteiger charge is 2.08. The molecule has 2 N–H and O–H groups in total. The van der Waals surface area contributed by atoms with Gasteiger partial charge in [-0.05, 0) is 41.8 Å². The van der Waals surface area contributed by atoms with Crippen molar-refractivity contribution in [2.24, 2.45) is 5.10 Å². The van der Waals surface area contributed by atoms with Crippen molar-refractivity contribution in [2.75, 3.05) is 5.32 Å². The molecular formula is C23H22ClN3O2. The summed E-state index contributed by atoms with van der Waals surface area (Å²) >= 11 is 6.05. The number of fused-ring (bicyclic) bond motifs is 1. The molecule has 0 aliphatic heterocycles. The van der Waals surface area contributed by atoms with Crippen molar-refractivity contribution < 1.29 is 9.59 Å². The number of carbonyl (C=O) groups excluding carboxylic acids is 2. The van der Waals surface area contributed by atoms with Gasteiger partial charge in [0.2, 0.25) is 11.8 Å². The van der Waals surface area contributed by atoms with E-state index in [0.717, 1.165) is 21.9 Å². The highest BCUT2D eigenvalue weighted by molar-refractivity contribution is 6.31. The highest BCUT2D eigenvalue weighted by atomic mass is 35.5. The molecule has 0 aliphatic carbocycles. The van der Waals surface area contributed by atoms with Gasteiger partial charge < -0.3 is 5.32 Å². The Hall–Kier alpha value is -3.18. The van der Waals surface area contributed by atoms with Crippen LogP contribution in [-0.4, -0.2) is 18.0 Å². The molecule has 148 valence electrons. The van der Waals surface area contributed by atoms with Crippen LogP contribution in [0.15, 0.2) is 65.8 Å². The number of amides is 2. The first kappa shape index (κ1) is 20.6. The summed E-state index contributed by atoms with van der Waals surface area (Å²) in [5, 5.41) is 9.65. The van der Waals surface area contributed by atoms with Crippen molar-refractivity contribution in [3.63, 3.8) is 0 Å². The zero-order chi connectivity index (χ0) is 20.6. The van der Waals surface area contributed by atoms with Gasteiger partial charge in [-0.15, -0.1) is 0 Å². The van der Waals surface area contributed by atoms with Crippen molar-refractivity contribution in [2.45, 2.75) is 26.2 Å². The molecule has 6 heteroatoms. The Morgan fingerprint density at radius 2 is 1.69 bits per heavy atom. The van der Waals surface area contributed by atoms with Gasteiger partial charge in [0.05, 0.1) is 6.21 Å². The summed E-state index contributed by atoms with van der Waals surface area (Å²) in [5.41, 5.74) is 4.96. The first-order chi connectivity index (χ1) is 14.0. The number of nitrogens with zero attached hydrogens (tertiary/aromatic N) is 1. The summed E-state index contributed by atoms with van der Waals surface area (Å²) in [5.74, 6) is -0.379. The minimum atomic E-state index is -0.228. The minimum absolute atomic E-state index is 0.151. The second-order valence-electron chi connectivity index (χ2n) is 6.68. The maximum atomic E-state index is 12.1. The molecule has 2 amide bonds. The lowest BCUT2D eigenvalue weighted by molar-refractivity contribution is -0.121. The van der Waals surface area contributed by atoms with Gasteiger partial charge in [-0.2, -0.15) is 5.10 Å². The number of hydrogen-bond donors (Lipinski definition) is 2. The Kier molecular flexibility index (Phi) is 6.98. The molecule has 0 heterocycles. The second kappa shape index (κ2) is 9.85. The van der Waals surface area contributed by atoms with E-state index in [1.807, 2.05) is 49.4 Å². The third-order valence-electron chi connectivity index (χ3n) is 4.57. The Morgan fingerprint density at radius 1 is 0.966 bits per heavy atom. The van der Waals surface area contributed by atoms with Gasteiger partial charge in [0, 0.05) is 29.1 Å². The van der Waals surface area contributed by atoms with E-state index in [0.29, 0.717) is 17.1 Å². The quantitative estimate of drug-likeness (QED) is 0.424. The molecule has 3 aromatic rings.